The van der Waals surface area contributed by atoms with E-state index in [1.54, 1.807) is 11.9 Å². The van der Waals surface area contributed by atoms with Crippen LogP contribution in [0.1, 0.15) is 12.5 Å². The highest BCUT2D eigenvalue weighted by molar-refractivity contribution is 6.31. The lowest BCUT2D eigenvalue weighted by Gasteiger charge is -2.39. The van der Waals surface area contributed by atoms with E-state index in [2.05, 4.69) is 5.32 Å². The third kappa shape index (κ3) is 3.69. The van der Waals surface area contributed by atoms with Crippen LogP contribution in [0.4, 0.5) is 0 Å². The smallest absolute Gasteiger partial charge is 0.248 e. The summed E-state index contributed by atoms with van der Waals surface area (Å²) < 4.78 is 5.63. The van der Waals surface area contributed by atoms with Crippen LogP contribution in [0.2, 0.25) is 5.02 Å². The number of nitrogens with one attached hydrogen (secondary N) is 1. The quantitative estimate of drug-likeness (QED) is 0.893. The van der Waals surface area contributed by atoms with E-state index in [1.807, 2.05) is 31.2 Å². The van der Waals surface area contributed by atoms with Gasteiger partial charge >= 0.3 is 0 Å². The summed E-state index contributed by atoms with van der Waals surface area (Å²) in [7, 11) is 1.76. The second-order valence-electron chi connectivity index (χ2n) is 5.18. The number of carbonyl (C=O) groups excluding carboxylic acids is 1. The molecule has 1 heterocycles. The average molecular weight is 283 g/mol. The maximum atomic E-state index is 12.0. The van der Waals surface area contributed by atoms with E-state index in [9.17, 15) is 4.79 Å². The molecule has 104 valence electrons. The van der Waals surface area contributed by atoms with Gasteiger partial charge in [0, 0.05) is 31.7 Å². The number of likely N-dealkylation sites (N-methyl/N-ethyl adjacent to an activating group) is 1. The first-order valence-corrected chi connectivity index (χ1v) is 6.70. The van der Waals surface area contributed by atoms with E-state index in [4.69, 9.17) is 16.3 Å². The number of carbonyl (C=O) groups is 1. The van der Waals surface area contributed by atoms with Crippen LogP contribution in [0, 0.1) is 0 Å². The van der Waals surface area contributed by atoms with Crippen molar-refractivity contribution in [3.8, 4) is 0 Å². The molecule has 1 aliphatic rings. The van der Waals surface area contributed by atoms with E-state index < -0.39 is 0 Å². The van der Waals surface area contributed by atoms with Crippen LogP contribution < -0.4 is 5.32 Å². The number of hydrogen-bond acceptors (Lipinski definition) is 3. The summed E-state index contributed by atoms with van der Waals surface area (Å²) in [6.07, 6.45) is 0. The second kappa shape index (κ2) is 5.90. The lowest BCUT2D eigenvalue weighted by atomic mass is 10.0. The van der Waals surface area contributed by atoms with E-state index in [-0.39, 0.29) is 18.1 Å². The van der Waals surface area contributed by atoms with Crippen molar-refractivity contribution in [2.75, 3.05) is 26.7 Å². The molecule has 5 heteroatoms. The molecule has 0 aromatic heterocycles. The van der Waals surface area contributed by atoms with Crippen LogP contribution in [0.15, 0.2) is 24.3 Å². The maximum absolute atomic E-state index is 12.0. The molecule has 1 saturated heterocycles. The highest BCUT2D eigenvalue weighted by atomic mass is 35.5. The highest BCUT2D eigenvalue weighted by Gasteiger charge is 2.33. The van der Waals surface area contributed by atoms with Gasteiger partial charge in [-0.1, -0.05) is 29.8 Å². The molecule has 0 aliphatic carbocycles. The van der Waals surface area contributed by atoms with Crippen LogP contribution in [-0.2, 0) is 16.1 Å². The molecule has 0 radical (unpaired) electrons. The van der Waals surface area contributed by atoms with E-state index >= 15 is 0 Å². The summed E-state index contributed by atoms with van der Waals surface area (Å²) >= 11 is 6.08. The number of amides is 1. The van der Waals surface area contributed by atoms with Crippen molar-refractivity contribution < 1.29 is 9.53 Å². The molecule has 1 N–H and O–H groups in total. The molecule has 0 unspecified atom stereocenters. The lowest BCUT2D eigenvalue weighted by molar-refractivity contribution is -0.145. The molecule has 0 saturated carbocycles. The Balaban J connectivity index is 1.84. The van der Waals surface area contributed by atoms with Crippen molar-refractivity contribution >= 4 is 17.5 Å². The van der Waals surface area contributed by atoms with Crippen molar-refractivity contribution in [2.45, 2.75) is 19.1 Å². The highest BCUT2D eigenvalue weighted by Crippen LogP contribution is 2.18. The predicted molar refractivity (Wildman–Crippen MR) is 75.2 cm³/mol. The number of benzene rings is 1. The fourth-order valence-corrected chi connectivity index (χ4v) is 2.09. The SMILES string of the molecule is CN(Cc1ccccc1Cl)C(=O)COC1(C)CNC1. The van der Waals surface area contributed by atoms with Crippen LogP contribution in [-0.4, -0.2) is 43.2 Å². The summed E-state index contributed by atoms with van der Waals surface area (Å²) in [6.45, 7) is 4.21. The first kappa shape index (κ1) is 14.3. The minimum absolute atomic E-state index is 0.0342. The number of rotatable bonds is 5. The molecule has 1 amide bonds. The first-order valence-electron chi connectivity index (χ1n) is 6.32. The van der Waals surface area contributed by atoms with Crippen molar-refractivity contribution in [3.63, 3.8) is 0 Å². The van der Waals surface area contributed by atoms with Crippen molar-refractivity contribution in [1.29, 1.82) is 0 Å². The summed E-state index contributed by atoms with van der Waals surface area (Å²) in [6, 6.07) is 7.54. The van der Waals surface area contributed by atoms with E-state index in [1.165, 1.54) is 0 Å². The van der Waals surface area contributed by atoms with Crippen LogP contribution in [0.25, 0.3) is 0 Å². The third-order valence-corrected chi connectivity index (χ3v) is 3.70. The minimum atomic E-state index is -0.194. The van der Waals surface area contributed by atoms with Crippen molar-refractivity contribution in [3.05, 3.63) is 34.9 Å². The van der Waals surface area contributed by atoms with Gasteiger partial charge in [-0.15, -0.1) is 0 Å². The zero-order valence-electron chi connectivity index (χ0n) is 11.3. The molecule has 19 heavy (non-hydrogen) atoms. The van der Waals surface area contributed by atoms with Crippen LogP contribution >= 0.6 is 11.6 Å². The molecule has 2 rings (SSSR count). The molecule has 4 nitrogen and oxygen atoms in total. The largest absolute Gasteiger partial charge is 0.363 e. The van der Waals surface area contributed by atoms with Gasteiger partial charge in [-0.3, -0.25) is 4.79 Å². The summed E-state index contributed by atoms with van der Waals surface area (Å²) in [5.41, 5.74) is 0.748. The Morgan fingerprint density at radius 2 is 2.16 bits per heavy atom. The Kier molecular flexibility index (Phi) is 4.45. The lowest BCUT2D eigenvalue weighted by Crippen LogP contribution is -2.59. The number of halogens is 1. The molecule has 1 fully saturated rings. The fourth-order valence-electron chi connectivity index (χ4n) is 1.90. The Hall–Kier alpha value is -1.10. The van der Waals surface area contributed by atoms with Gasteiger partial charge in [-0.05, 0) is 18.6 Å². The standard InChI is InChI=1S/C14H19ClN2O2/c1-14(9-16-10-14)19-8-13(18)17(2)7-11-5-3-4-6-12(11)15/h3-6,16H,7-10H2,1-2H3. The number of nitrogens with zero attached hydrogens (tertiary/aromatic N) is 1. The third-order valence-electron chi connectivity index (χ3n) is 3.33. The summed E-state index contributed by atoms with van der Waals surface area (Å²) in [5.74, 6) is -0.0342. The molecule has 0 bridgehead atoms. The monoisotopic (exact) mass is 282 g/mol. The molecular weight excluding hydrogens is 264 g/mol. The van der Waals surface area contributed by atoms with Crippen molar-refractivity contribution in [2.24, 2.45) is 0 Å². The average Bonchev–Trinajstić information content (AvgIpc) is 2.36. The zero-order chi connectivity index (χ0) is 13.9. The molecule has 0 atom stereocenters. The minimum Gasteiger partial charge on any atom is -0.363 e. The Labute approximate surface area is 118 Å². The van der Waals surface area contributed by atoms with Gasteiger partial charge in [-0.25, -0.2) is 0 Å². The number of ether oxygens (including phenoxy) is 1. The molecule has 1 aliphatic heterocycles. The van der Waals surface area contributed by atoms with Gasteiger partial charge in [0.2, 0.25) is 5.91 Å². The second-order valence-corrected chi connectivity index (χ2v) is 5.59. The van der Waals surface area contributed by atoms with Gasteiger partial charge in [0.1, 0.15) is 6.61 Å². The van der Waals surface area contributed by atoms with Gasteiger partial charge in [0.05, 0.1) is 5.60 Å². The molecular formula is C14H19ClN2O2. The molecule has 1 aromatic rings. The van der Waals surface area contributed by atoms with E-state index in [0.717, 1.165) is 18.7 Å². The maximum Gasteiger partial charge on any atom is 0.248 e. The molecule has 0 spiro atoms. The normalized spacial score (nSPS) is 16.8. The summed E-state index contributed by atoms with van der Waals surface area (Å²) in [5, 5.41) is 3.81. The Morgan fingerprint density at radius 1 is 1.47 bits per heavy atom. The number of hydrogen-bond donors (Lipinski definition) is 1. The van der Waals surface area contributed by atoms with Gasteiger partial charge in [0.15, 0.2) is 0 Å². The topological polar surface area (TPSA) is 41.6 Å². The van der Waals surface area contributed by atoms with E-state index in [0.29, 0.717) is 11.6 Å². The van der Waals surface area contributed by atoms with Crippen LogP contribution in [0.5, 0.6) is 0 Å². The first-order chi connectivity index (χ1) is 9.00. The van der Waals surface area contributed by atoms with Gasteiger partial charge in [-0.2, -0.15) is 0 Å². The predicted octanol–water partition coefficient (Wildman–Crippen LogP) is 1.68. The Morgan fingerprint density at radius 3 is 2.74 bits per heavy atom. The van der Waals surface area contributed by atoms with Crippen LogP contribution in [0.3, 0.4) is 0 Å². The zero-order valence-corrected chi connectivity index (χ0v) is 12.0. The van der Waals surface area contributed by atoms with Gasteiger partial charge < -0.3 is 15.0 Å². The fraction of sp³-hybridized carbons (Fsp3) is 0.500. The summed E-state index contributed by atoms with van der Waals surface area (Å²) in [4.78, 5) is 13.6. The van der Waals surface area contributed by atoms with Crippen molar-refractivity contribution in [1.82, 2.24) is 10.2 Å². The Bertz CT molecular complexity index is 461. The van der Waals surface area contributed by atoms with Gasteiger partial charge in [0.25, 0.3) is 0 Å². The molecule has 1 aromatic carbocycles.